The first kappa shape index (κ1) is 27.1. The Bertz CT molecular complexity index is 1470. The second-order valence-corrected chi connectivity index (χ2v) is 10.8. The zero-order valence-electron chi connectivity index (χ0n) is 21.7. The third-order valence-electron chi connectivity index (χ3n) is 6.05. The number of benzene rings is 2. The first-order valence-electron chi connectivity index (χ1n) is 11.9. The fraction of sp³-hybridized carbons (Fsp3) is 0.385. The van der Waals surface area contributed by atoms with Gasteiger partial charge in [-0.1, -0.05) is 17.4 Å². The lowest BCUT2D eigenvalue weighted by molar-refractivity contribution is 0.0223. The minimum atomic E-state index is -0.765. The predicted molar refractivity (Wildman–Crippen MR) is 139 cm³/mol. The molecular formula is C26H29FN4O6S. The highest BCUT2D eigenvalue weighted by atomic mass is 32.1. The molecule has 2 heterocycles. The molecule has 1 fully saturated rings. The molecule has 202 valence electrons. The van der Waals surface area contributed by atoms with Gasteiger partial charge in [0.15, 0.2) is 0 Å². The number of carbonyl (C=O) groups is 3. The number of hydrogen-bond donors (Lipinski definition) is 2. The van der Waals surface area contributed by atoms with Crippen LogP contribution in [-0.2, 0) is 9.47 Å². The second-order valence-electron chi connectivity index (χ2n) is 9.77. The highest BCUT2D eigenvalue weighted by molar-refractivity contribution is 7.16. The van der Waals surface area contributed by atoms with E-state index in [1.54, 1.807) is 31.7 Å². The average molecular weight is 545 g/mol. The summed E-state index contributed by atoms with van der Waals surface area (Å²) in [7, 11) is 2.63. The van der Waals surface area contributed by atoms with Crippen molar-refractivity contribution in [2.24, 2.45) is 0 Å². The summed E-state index contributed by atoms with van der Waals surface area (Å²) in [6, 6.07) is 6.89. The van der Waals surface area contributed by atoms with Crippen LogP contribution in [0.25, 0.3) is 10.2 Å². The summed E-state index contributed by atoms with van der Waals surface area (Å²) in [6.45, 7) is 5.86. The van der Waals surface area contributed by atoms with Crippen molar-refractivity contribution in [3.63, 3.8) is 0 Å². The summed E-state index contributed by atoms with van der Waals surface area (Å²) >= 11 is 1.02. The van der Waals surface area contributed by atoms with Crippen molar-refractivity contribution in [2.75, 3.05) is 26.2 Å². The van der Waals surface area contributed by atoms with Crippen LogP contribution >= 0.6 is 11.3 Å². The third-order valence-corrected chi connectivity index (χ3v) is 6.98. The summed E-state index contributed by atoms with van der Waals surface area (Å²) in [6.07, 6.45) is 0.943. The number of methoxy groups -OCH3 is 2. The minimum absolute atomic E-state index is 0.0478. The lowest BCUT2D eigenvalue weighted by Gasteiger charge is -2.29. The fourth-order valence-corrected chi connectivity index (χ4v) is 5.23. The smallest absolute Gasteiger partial charge is 0.410 e. The number of esters is 1. The van der Waals surface area contributed by atoms with Gasteiger partial charge in [0.05, 0.1) is 36.0 Å². The monoisotopic (exact) mass is 544 g/mol. The summed E-state index contributed by atoms with van der Waals surface area (Å²) in [5, 5.41) is 8.30. The summed E-state index contributed by atoms with van der Waals surface area (Å²) in [5.74, 6) is -1.92. The van der Waals surface area contributed by atoms with Crippen molar-refractivity contribution in [3.05, 3.63) is 57.6 Å². The van der Waals surface area contributed by atoms with Crippen LogP contribution in [0.4, 0.5) is 9.18 Å². The zero-order chi connectivity index (χ0) is 27.8. The molecule has 2 amide bonds. The first-order valence-corrected chi connectivity index (χ1v) is 12.7. The quantitative estimate of drug-likeness (QED) is 0.454. The Morgan fingerprint density at radius 3 is 2.50 bits per heavy atom. The fourth-order valence-electron chi connectivity index (χ4n) is 4.35. The molecule has 38 heavy (non-hydrogen) atoms. The zero-order valence-corrected chi connectivity index (χ0v) is 22.5. The average Bonchev–Trinajstić information content (AvgIpc) is 3.46. The Hall–Kier alpha value is -3.93. The van der Waals surface area contributed by atoms with E-state index in [1.807, 2.05) is 0 Å². The van der Waals surface area contributed by atoms with E-state index < -0.39 is 29.4 Å². The van der Waals surface area contributed by atoms with E-state index in [2.05, 4.69) is 5.43 Å². The number of ether oxygens (including phenoxy) is 3. The Morgan fingerprint density at radius 2 is 1.87 bits per heavy atom. The van der Waals surface area contributed by atoms with E-state index in [1.165, 1.54) is 43.2 Å². The molecule has 10 nitrogen and oxygen atoms in total. The number of likely N-dealkylation sites (tertiary alicyclic amines) is 1. The van der Waals surface area contributed by atoms with Gasteiger partial charge in [-0.25, -0.2) is 18.7 Å². The normalized spacial score (nSPS) is 15.4. The number of nitrogens with one attached hydrogen (secondary N) is 2. The summed E-state index contributed by atoms with van der Waals surface area (Å²) < 4.78 is 32.4. The number of hydrogen-bond acceptors (Lipinski definition) is 8. The van der Waals surface area contributed by atoms with Gasteiger partial charge < -0.3 is 19.1 Å². The highest BCUT2D eigenvalue weighted by Gasteiger charge is 2.33. The minimum Gasteiger partial charge on any atom is -0.496 e. The Morgan fingerprint density at radius 1 is 1.13 bits per heavy atom. The largest absolute Gasteiger partial charge is 0.496 e. The van der Waals surface area contributed by atoms with Gasteiger partial charge in [-0.15, -0.1) is 0 Å². The van der Waals surface area contributed by atoms with Crippen molar-refractivity contribution in [2.45, 2.75) is 45.3 Å². The molecule has 0 radical (unpaired) electrons. The molecular weight excluding hydrogens is 515 g/mol. The maximum absolute atomic E-state index is 15.2. The molecule has 0 spiro atoms. The van der Waals surface area contributed by atoms with E-state index in [0.717, 1.165) is 17.8 Å². The van der Waals surface area contributed by atoms with Gasteiger partial charge in [0.25, 0.3) is 5.91 Å². The van der Waals surface area contributed by atoms with Crippen molar-refractivity contribution in [1.82, 2.24) is 9.58 Å². The van der Waals surface area contributed by atoms with Crippen molar-refractivity contribution in [1.29, 1.82) is 5.41 Å². The van der Waals surface area contributed by atoms with Crippen LogP contribution in [-0.4, -0.2) is 53.9 Å². The van der Waals surface area contributed by atoms with Crippen LogP contribution in [0, 0.1) is 11.2 Å². The number of rotatable bonds is 5. The van der Waals surface area contributed by atoms with Crippen LogP contribution in [0.15, 0.2) is 30.3 Å². The summed E-state index contributed by atoms with van der Waals surface area (Å²) in [5.41, 5.74) is 2.82. The van der Waals surface area contributed by atoms with Crippen LogP contribution < -0.4 is 15.0 Å². The van der Waals surface area contributed by atoms with Gasteiger partial charge in [0.2, 0.25) is 4.80 Å². The number of halogens is 1. The van der Waals surface area contributed by atoms with Gasteiger partial charge in [-0.2, -0.15) is 0 Å². The molecule has 0 aliphatic carbocycles. The van der Waals surface area contributed by atoms with Gasteiger partial charge in [-0.3, -0.25) is 15.6 Å². The third kappa shape index (κ3) is 5.35. The van der Waals surface area contributed by atoms with Gasteiger partial charge >= 0.3 is 12.1 Å². The maximum atomic E-state index is 15.2. The molecule has 12 heteroatoms. The molecule has 1 saturated heterocycles. The number of aromatic nitrogens is 1. The van der Waals surface area contributed by atoms with Gasteiger partial charge in [-0.05, 0) is 57.4 Å². The lowest BCUT2D eigenvalue weighted by atomic mass is 10.0. The van der Waals surface area contributed by atoms with E-state index in [9.17, 15) is 14.4 Å². The molecule has 1 unspecified atom stereocenters. The van der Waals surface area contributed by atoms with Gasteiger partial charge in [0.1, 0.15) is 22.7 Å². The van der Waals surface area contributed by atoms with E-state index in [0.29, 0.717) is 28.7 Å². The van der Waals surface area contributed by atoms with Crippen LogP contribution in [0.3, 0.4) is 0 Å². The molecule has 4 rings (SSSR count). The number of carbonyl (C=O) groups excluding carboxylic acids is 3. The topological polar surface area (TPSA) is 123 Å². The SMILES string of the molecule is COC(=O)c1cc2sc(=N)n(NC(=O)c3ccc(C4CCCN4C(=O)OC(C)(C)C)cc3F)c2cc1OC. The molecule has 3 aromatic rings. The van der Waals surface area contributed by atoms with E-state index in [4.69, 9.17) is 19.6 Å². The van der Waals surface area contributed by atoms with Crippen molar-refractivity contribution >= 4 is 39.5 Å². The lowest BCUT2D eigenvalue weighted by Crippen LogP contribution is -2.36. The molecule has 0 saturated carbocycles. The van der Waals surface area contributed by atoms with Crippen LogP contribution in [0.2, 0.25) is 0 Å². The van der Waals surface area contributed by atoms with Gasteiger partial charge in [0, 0.05) is 12.6 Å². The Labute approximate surface area is 222 Å². The summed E-state index contributed by atoms with van der Waals surface area (Å²) in [4.78, 5) is 39.3. The molecule has 0 bridgehead atoms. The molecule has 1 atom stereocenters. The standard InChI is InChI=1S/C26H29FN4O6S/c1-26(2,3)37-25(34)30-10-6-7-18(30)14-8-9-15(17(27)11-14)22(32)29-31-19-13-20(35-4)16(23(33)36-5)12-21(19)38-24(31)28/h8-9,11-13,18,28H,6-7,10H2,1-5H3,(H,29,32). The van der Waals surface area contributed by atoms with Crippen molar-refractivity contribution < 1.29 is 33.0 Å². The van der Waals surface area contributed by atoms with Crippen molar-refractivity contribution in [3.8, 4) is 5.75 Å². The van der Waals surface area contributed by atoms with Crippen LogP contribution in [0.1, 0.15) is 65.9 Å². The molecule has 1 aromatic heterocycles. The Balaban J connectivity index is 1.59. The molecule has 1 aliphatic rings. The number of nitrogens with zero attached hydrogens (tertiary/aromatic N) is 2. The maximum Gasteiger partial charge on any atom is 0.410 e. The predicted octanol–water partition coefficient (Wildman–Crippen LogP) is 4.57. The van der Waals surface area contributed by atoms with E-state index >= 15 is 4.39 Å². The van der Waals surface area contributed by atoms with E-state index in [-0.39, 0.29) is 27.7 Å². The first-order chi connectivity index (χ1) is 17.9. The Kier molecular flexibility index (Phi) is 7.45. The molecule has 2 N–H and O–H groups in total. The molecule has 1 aliphatic heterocycles. The molecule has 2 aromatic carbocycles. The van der Waals surface area contributed by atoms with Crippen LogP contribution in [0.5, 0.6) is 5.75 Å². The number of fused-ring (bicyclic) bond motifs is 1. The number of amides is 2. The number of thiazole rings is 1. The second kappa shape index (κ2) is 10.4. The highest BCUT2D eigenvalue weighted by Crippen LogP contribution is 2.34.